The number of nitro groups is 1. The number of allylic oxidation sites excluding steroid dienone is 1. The molecule has 0 saturated heterocycles. The Kier molecular flexibility index (Phi) is 7.34. The van der Waals surface area contributed by atoms with Gasteiger partial charge in [0, 0.05) is 22.9 Å². The molecular formula is C31H20ClFN4O5S. The maximum absolute atomic E-state index is 13.9. The first-order valence-electron chi connectivity index (χ1n) is 12.9. The quantitative estimate of drug-likeness (QED) is 0.190. The van der Waals surface area contributed by atoms with E-state index >= 15 is 0 Å². The van der Waals surface area contributed by atoms with Crippen LogP contribution < -0.4 is 20.2 Å². The Hall–Kier alpha value is -5.13. The number of nitrogens with zero attached hydrogens (tertiary/aromatic N) is 3. The number of halogens is 2. The van der Waals surface area contributed by atoms with Crippen molar-refractivity contribution in [1.82, 2.24) is 4.57 Å². The molecule has 0 fully saturated rings. The number of fused-ring (bicyclic) bond motifs is 1. The van der Waals surface area contributed by atoms with Gasteiger partial charge in [-0.25, -0.2) is 9.38 Å². The highest BCUT2D eigenvalue weighted by atomic mass is 35.5. The molecular weight excluding hydrogens is 595 g/mol. The minimum Gasteiger partial charge on any atom is -0.456 e. The molecule has 1 aliphatic heterocycles. The third kappa shape index (κ3) is 5.43. The summed E-state index contributed by atoms with van der Waals surface area (Å²) in [7, 11) is 0. The maximum atomic E-state index is 13.9. The van der Waals surface area contributed by atoms with Crippen molar-refractivity contribution in [3.63, 3.8) is 0 Å². The standard InChI is InChI=1S/C31H20ClFN4O5S/c1-17-27(29(38)35-21-5-3-2-4-6-21)28(18-7-10-20(33)11-8-18)36-30(39)26(43-31(36)34-17)16-22-12-14-25(42-22)23-13-9-19(32)15-24(23)37(40)41/h2-16,28H,1H3,(H,35,38). The fourth-order valence-corrected chi connectivity index (χ4v) is 6.05. The van der Waals surface area contributed by atoms with E-state index in [9.17, 15) is 24.1 Å². The minimum atomic E-state index is -0.883. The number of thiazole rings is 1. The molecule has 2 aromatic heterocycles. The molecule has 1 unspecified atom stereocenters. The van der Waals surface area contributed by atoms with Gasteiger partial charge in [0.05, 0.1) is 32.3 Å². The number of benzene rings is 3. The number of hydrogen-bond acceptors (Lipinski definition) is 7. The van der Waals surface area contributed by atoms with Crippen LogP contribution in [0.1, 0.15) is 24.3 Å². The zero-order chi connectivity index (χ0) is 30.2. The second kappa shape index (κ2) is 11.3. The zero-order valence-corrected chi connectivity index (χ0v) is 23.9. The number of nitrogens with one attached hydrogen (secondary N) is 1. The minimum absolute atomic E-state index is 0.214. The van der Waals surface area contributed by atoms with Crippen molar-refractivity contribution in [3.05, 3.63) is 148 Å². The molecule has 3 heterocycles. The third-order valence-corrected chi connectivity index (χ3v) is 8.02. The molecule has 0 radical (unpaired) electrons. The van der Waals surface area contributed by atoms with Crippen LogP contribution in [0.2, 0.25) is 5.02 Å². The Morgan fingerprint density at radius 1 is 1.12 bits per heavy atom. The van der Waals surface area contributed by atoms with Crippen molar-refractivity contribution in [2.24, 2.45) is 4.99 Å². The van der Waals surface area contributed by atoms with Gasteiger partial charge in [0.2, 0.25) is 0 Å². The summed E-state index contributed by atoms with van der Waals surface area (Å²) in [5.41, 5.74) is 1.32. The van der Waals surface area contributed by atoms with E-state index in [2.05, 4.69) is 10.3 Å². The summed E-state index contributed by atoms with van der Waals surface area (Å²) in [5, 5.41) is 14.6. The molecule has 0 spiro atoms. The normalized spacial score (nSPS) is 14.8. The van der Waals surface area contributed by atoms with Crippen molar-refractivity contribution < 1.29 is 18.5 Å². The van der Waals surface area contributed by atoms with Crippen molar-refractivity contribution in [2.75, 3.05) is 5.32 Å². The van der Waals surface area contributed by atoms with Crippen LogP contribution >= 0.6 is 22.9 Å². The Labute approximate surface area is 251 Å². The van der Waals surface area contributed by atoms with Gasteiger partial charge in [0.25, 0.3) is 17.2 Å². The summed E-state index contributed by atoms with van der Waals surface area (Å²) in [4.78, 5) is 43.4. The van der Waals surface area contributed by atoms with E-state index in [0.717, 1.165) is 11.3 Å². The van der Waals surface area contributed by atoms with E-state index in [1.54, 1.807) is 43.3 Å². The molecule has 1 atom stereocenters. The van der Waals surface area contributed by atoms with E-state index in [1.165, 1.54) is 53.1 Å². The molecule has 12 heteroatoms. The van der Waals surface area contributed by atoms with Crippen LogP contribution in [0, 0.1) is 15.9 Å². The van der Waals surface area contributed by atoms with Crippen LogP contribution in [-0.4, -0.2) is 15.4 Å². The van der Waals surface area contributed by atoms with Crippen molar-refractivity contribution in [2.45, 2.75) is 13.0 Å². The Balaban J connectivity index is 1.45. The van der Waals surface area contributed by atoms with Gasteiger partial charge < -0.3 is 9.73 Å². The molecule has 1 N–H and O–H groups in total. The van der Waals surface area contributed by atoms with Gasteiger partial charge in [0.15, 0.2) is 4.80 Å². The van der Waals surface area contributed by atoms with Crippen LogP contribution in [0.25, 0.3) is 17.4 Å². The number of rotatable bonds is 6. The number of carbonyl (C=O) groups excluding carboxylic acids is 1. The second-order valence-electron chi connectivity index (χ2n) is 9.57. The number of aromatic nitrogens is 1. The van der Waals surface area contributed by atoms with Crippen LogP contribution in [0.4, 0.5) is 15.8 Å². The highest BCUT2D eigenvalue weighted by Crippen LogP contribution is 2.34. The van der Waals surface area contributed by atoms with Crippen LogP contribution in [0.3, 0.4) is 0 Å². The number of carbonyl (C=O) groups is 1. The number of furan rings is 1. The van der Waals surface area contributed by atoms with E-state index in [-0.39, 0.29) is 37.9 Å². The summed E-state index contributed by atoms with van der Waals surface area (Å²) < 4.78 is 21.4. The summed E-state index contributed by atoms with van der Waals surface area (Å²) in [5.74, 6) is -0.402. The molecule has 6 rings (SSSR count). The Bertz CT molecular complexity index is 2120. The van der Waals surface area contributed by atoms with Gasteiger partial charge in [-0.15, -0.1) is 0 Å². The smallest absolute Gasteiger partial charge is 0.281 e. The molecule has 3 aromatic carbocycles. The number of nitro benzene ring substituents is 1. The highest BCUT2D eigenvalue weighted by Gasteiger charge is 2.32. The fraction of sp³-hybridized carbons (Fsp3) is 0.0645. The van der Waals surface area contributed by atoms with Crippen molar-refractivity contribution in [3.8, 4) is 11.3 Å². The predicted molar refractivity (Wildman–Crippen MR) is 161 cm³/mol. The average Bonchev–Trinajstić information content (AvgIpc) is 3.57. The molecule has 0 saturated carbocycles. The summed E-state index contributed by atoms with van der Waals surface area (Å²) in [6, 6.07) is 21.0. The molecule has 43 heavy (non-hydrogen) atoms. The first-order valence-corrected chi connectivity index (χ1v) is 14.1. The van der Waals surface area contributed by atoms with Crippen LogP contribution in [-0.2, 0) is 4.79 Å². The molecule has 9 nitrogen and oxygen atoms in total. The van der Waals surface area contributed by atoms with E-state index in [0.29, 0.717) is 21.7 Å². The molecule has 1 aliphatic rings. The van der Waals surface area contributed by atoms with Gasteiger partial charge in [-0.1, -0.05) is 53.3 Å². The lowest BCUT2D eigenvalue weighted by atomic mass is 9.95. The van der Waals surface area contributed by atoms with Crippen LogP contribution in [0.15, 0.2) is 110 Å². The Morgan fingerprint density at radius 3 is 2.58 bits per heavy atom. The lowest BCUT2D eigenvalue weighted by Gasteiger charge is -2.25. The van der Waals surface area contributed by atoms with Gasteiger partial charge in [0.1, 0.15) is 17.3 Å². The van der Waals surface area contributed by atoms with E-state index in [1.807, 2.05) is 6.07 Å². The lowest BCUT2D eigenvalue weighted by molar-refractivity contribution is -0.384. The summed E-state index contributed by atoms with van der Waals surface area (Å²) in [6.07, 6.45) is 1.51. The summed E-state index contributed by atoms with van der Waals surface area (Å²) in [6.45, 7) is 1.69. The zero-order valence-electron chi connectivity index (χ0n) is 22.3. The monoisotopic (exact) mass is 614 g/mol. The summed E-state index contributed by atoms with van der Waals surface area (Å²) >= 11 is 7.04. The maximum Gasteiger partial charge on any atom is 0.281 e. The SMILES string of the molecule is CC1=C(C(=O)Nc2ccccc2)C(c2ccc(F)cc2)n2c(sc(=Cc3ccc(-c4ccc(Cl)cc4[N+](=O)[O-])o3)c2=O)=N1. The fourth-order valence-electron chi connectivity index (χ4n) is 4.86. The van der Waals surface area contributed by atoms with Crippen LogP contribution in [0.5, 0.6) is 0 Å². The largest absolute Gasteiger partial charge is 0.456 e. The van der Waals surface area contributed by atoms with Gasteiger partial charge in [-0.2, -0.15) is 0 Å². The van der Waals surface area contributed by atoms with Gasteiger partial charge in [-0.3, -0.25) is 24.3 Å². The third-order valence-electron chi connectivity index (χ3n) is 6.81. The second-order valence-corrected chi connectivity index (χ2v) is 11.0. The molecule has 5 aromatic rings. The molecule has 1 amide bonds. The number of amides is 1. The molecule has 0 aliphatic carbocycles. The first kappa shape index (κ1) is 28.0. The highest BCUT2D eigenvalue weighted by molar-refractivity contribution is 7.07. The van der Waals surface area contributed by atoms with E-state index in [4.69, 9.17) is 16.0 Å². The van der Waals surface area contributed by atoms with Gasteiger partial charge in [-0.05, 0) is 61.0 Å². The number of hydrogen-bond donors (Lipinski definition) is 1. The van der Waals surface area contributed by atoms with Crippen molar-refractivity contribution in [1.29, 1.82) is 0 Å². The molecule has 214 valence electrons. The lowest BCUT2D eigenvalue weighted by Crippen LogP contribution is -2.40. The van der Waals surface area contributed by atoms with E-state index < -0.39 is 28.2 Å². The predicted octanol–water partition coefficient (Wildman–Crippen LogP) is 5.83. The van der Waals surface area contributed by atoms with Crippen molar-refractivity contribution >= 4 is 46.3 Å². The number of anilines is 1. The average molecular weight is 615 g/mol. The topological polar surface area (TPSA) is 120 Å². The molecule has 0 bridgehead atoms. The van der Waals surface area contributed by atoms with Gasteiger partial charge >= 0.3 is 0 Å². The Morgan fingerprint density at radius 2 is 1.86 bits per heavy atom. The number of para-hydroxylation sites is 1. The first-order chi connectivity index (χ1) is 20.7.